The molecular formula is C22H22ClN7O. The van der Waals surface area contributed by atoms with Crippen molar-refractivity contribution >= 4 is 34.3 Å². The van der Waals surface area contributed by atoms with Gasteiger partial charge in [-0.1, -0.05) is 17.7 Å². The van der Waals surface area contributed by atoms with E-state index in [-0.39, 0.29) is 11.6 Å². The fourth-order valence-corrected chi connectivity index (χ4v) is 4.15. The molecule has 5 rings (SSSR count). The average molecular weight is 436 g/mol. The lowest BCUT2D eigenvalue weighted by molar-refractivity contribution is 0.476. The molecule has 8 nitrogen and oxygen atoms in total. The monoisotopic (exact) mass is 435 g/mol. The van der Waals surface area contributed by atoms with Gasteiger partial charge in [-0.15, -0.1) is 0 Å². The van der Waals surface area contributed by atoms with Gasteiger partial charge in [0.05, 0.1) is 5.69 Å². The maximum atomic E-state index is 13.1. The second-order valence-electron chi connectivity index (χ2n) is 7.86. The Hall–Kier alpha value is -3.23. The number of hydrogen-bond acceptors (Lipinski definition) is 6. The molecule has 4 heterocycles. The number of fused-ring (bicyclic) bond motifs is 2. The van der Waals surface area contributed by atoms with Gasteiger partial charge in [0, 0.05) is 36.7 Å². The lowest BCUT2D eigenvalue weighted by Gasteiger charge is -2.18. The number of benzene rings is 1. The summed E-state index contributed by atoms with van der Waals surface area (Å²) in [5, 5.41) is 7.46. The predicted molar refractivity (Wildman–Crippen MR) is 121 cm³/mol. The molecule has 1 aromatic carbocycles. The second kappa shape index (κ2) is 7.79. The smallest absolute Gasteiger partial charge is 0.278 e. The highest BCUT2D eigenvalue weighted by atomic mass is 35.5. The van der Waals surface area contributed by atoms with Crippen molar-refractivity contribution in [1.29, 1.82) is 0 Å². The van der Waals surface area contributed by atoms with E-state index in [0.717, 1.165) is 25.2 Å². The molecule has 0 unspecified atom stereocenters. The largest absolute Gasteiger partial charge is 0.324 e. The quantitative estimate of drug-likeness (QED) is 0.476. The van der Waals surface area contributed by atoms with Gasteiger partial charge in [0.25, 0.3) is 5.56 Å². The van der Waals surface area contributed by atoms with Crippen molar-refractivity contribution < 1.29 is 0 Å². The number of anilines is 2. The van der Waals surface area contributed by atoms with Crippen LogP contribution in [0.15, 0.2) is 47.5 Å². The fourth-order valence-electron chi connectivity index (χ4n) is 3.98. The molecule has 2 N–H and O–H groups in total. The van der Waals surface area contributed by atoms with Crippen molar-refractivity contribution in [3.8, 4) is 5.69 Å². The van der Waals surface area contributed by atoms with Crippen molar-refractivity contribution in [1.82, 2.24) is 29.6 Å². The Morgan fingerprint density at radius 3 is 2.84 bits per heavy atom. The van der Waals surface area contributed by atoms with Crippen LogP contribution in [0, 0.1) is 0 Å². The number of hydrogen-bond donors (Lipinski definition) is 2. The highest BCUT2D eigenvalue weighted by Gasteiger charge is 2.20. The van der Waals surface area contributed by atoms with Crippen molar-refractivity contribution in [3.05, 3.63) is 69.4 Å². The van der Waals surface area contributed by atoms with Crippen molar-refractivity contribution in [2.45, 2.75) is 32.9 Å². The molecule has 0 spiro atoms. The predicted octanol–water partition coefficient (Wildman–Crippen LogP) is 3.60. The SMILES string of the molecule is CC(C)n1c(=O)c2cnc(Nc3ccc4c(c3)CCNC4)nc2n1-c1ccnc(Cl)c1. The Kier molecular flexibility index (Phi) is 4.95. The summed E-state index contributed by atoms with van der Waals surface area (Å²) in [7, 11) is 0. The van der Waals surface area contributed by atoms with Gasteiger partial charge in [0.2, 0.25) is 5.95 Å². The van der Waals surface area contributed by atoms with Crippen LogP contribution in [0.2, 0.25) is 5.15 Å². The van der Waals surface area contributed by atoms with E-state index < -0.39 is 0 Å². The minimum Gasteiger partial charge on any atom is -0.324 e. The van der Waals surface area contributed by atoms with Gasteiger partial charge in [-0.25, -0.2) is 19.3 Å². The van der Waals surface area contributed by atoms with Gasteiger partial charge >= 0.3 is 0 Å². The summed E-state index contributed by atoms with van der Waals surface area (Å²) in [4.78, 5) is 26.2. The zero-order chi connectivity index (χ0) is 21.5. The molecule has 0 saturated heterocycles. The molecule has 9 heteroatoms. The Bertz CT molecular complexity index is 1340. The third-order valence-corrected chi connectivity index (χ3v) is 5.62. The maximum Gasteiger partial charge on any atom is 0.278 e. The normalized spacial score (nSPS) is 13.5. The molecule has 0 amide bonds. The molecule has 0 aliphatic carbocycles. The van der Waals surface area contributed by atoms with E-state index in [1.807, 2.05) is 19.9 Å². The van der Waals surface area contributed by atoms with Crippen molar-refractivity contribution in [3.63, 3.8) is 0 Å². The highest BCUT2D eigenvalue weighted by Crippen LogP contribution is 2.24. The number of halogens is 1. The molecule has 1 aliphatic rings. The van der Waals surface area contributed by atoms with E-state index in [9.17, 15) is 4.79 Å². The zero-order valence-corrected chi connectivity index (χ0v) is 18.0. The third kappa shape index (κ3) is 3.58. The average Bonchev–Trinajstić information content (AvgIpc) is 3.06. The lowest BCUT2D eigenvalue weighted by atomic mass is 10.0. The van der Waals surface area contributed by atoms with Crippen LogP contribution in [0.1, 0.15) is 31.0 Å². The van der Waals surface area contributed by atoms with Crippen LogP contribution in [0.3, 0.4) is 0 Å². The number of aromatic nitrogens is 5. The molecule has 0 atom stereocenters. The van der Waals surface area contributed by atoms with Gasteiger partial charge in [-0.2, -0.15) is 4.98 Å². The molecule has 3 aromatic heterocycles. The minimum atomic E-state index is -0.147. The van der Waals surface area contributed by atoms with Crippen LogP contribution in [-0.4, -0.2) is 30.9 Å². The topological polar surface area (TPSA) is 89.7 Å². The van der Waals surface area contributed by atoms with Gasteiger partial charge in [0.15, 0.2) is 5.65 Å². The molecular weight excluding hydrogens is 414 g/mol. The fraction of sp³-hybridized carbons (Fsp3) is 0.273. The van der Waals surface area contributed by atoms with Gasteiger partial charge in [-0.3, -0.25) is 4.79 Å². The summed E-state index contributed by atoms with van der Waals surface area (Å²) in [6.45, 7) is 5.77. The zero-order valence-electron chi connectivity index (χ0n) is 17.3. The summed E-state index contributed by atoms with van der Waals surface area (Å²) >= 11 is 6.12. The van der Waals surface area contributed by atoms with Crippen LogP contribution >= 0.6 is 11.6 Å². The van der Waals surface area contributed by atoms with Gasteiger partial charge in [-0.05, 0) is 56.1 Å². The Labute approximate surface area is 183 Å². The first kappa shape index (κ1) is 19.7. The van der Waals surface area contributed by atoms with E-state index in [4.69, 9.17) is 16.6 Å². The van der Waals surface area contributed by atoms with Crippen LogP contribution in [0.25, 0.3) is 16.7 Å². The lowest BCUT2D eigenvalue weighted by Crippen LogP contribution is -2.24. The molecule has 31 heavy (non-hydrogen) atoms. The van der Waals surface area contributed by atoms with E-state index in [0.29, 0.717) is 27.8 Å². The minimum absolute atomic E-state index is 0.0840. The Morgan fingerprint density at radius 2 is 2.03 bits per heavy atom. The van der Waals surface area contributed by atoms with Crippen LogP contribution in [0.4, 0.5) is 11.6 Å². The number of nitrogens with one attached hydrogen (secondary N) is 2. The summed E-state index contributed by atoms with van der Waals surface area (Å²) in [5.41, 5.74) is 4.63. The Morgan fingerprint density at radius 1 is 1.16 bits per heavy atom. The van der Waals surface area contributed by atoms with Crippen LogP contribution in [-0.2, 0) is 13.0 Å². The van der Waals surface area contributed by atoms with E-state index in [1.165, 1.54) is 11.1 Å². The molecule has 1 aliphatic heterocycles. The Balaban J connectivity index is 1.62. The van der Waals surface area contributed by atoms with E-state index >= 15 is 0 Å². The van der Waals surface area contributed by atoms with Crippen molar-refractivity contribution in [2.24, 2.45) is 0 Å². The summed E-state index contributed by atoms with van der Waals surface area (Å²) in [5.74, 6) is 0.427. The number of pyridine rings is 1. The highest BCUT2D eigenvalue weighted by molar-refractivity contribution is 6.29. The standard InChI is InChI=1S/C22H22ClN7O/c1-13(2)29-21(31)18-12-26-22(27-16-4-3-15-11-24-7-5-14(15)9-16)28-20(18)30(29)17-6-8-25-19(23)10-17/h3-4,6,8-10,12-13,24H,5,7,11H2,1-2H3,(H,26,27,28). The first-order valence-corrected chi connectivity index (χ1v) is 10.6. The summed E-state index contributed by atoms with van der Waals surface area (Å²) in [6, 6.07) is 9.71. The number of rotatable bonds is 4. The summed E-state index contributed by atoms with van der Waals surface area (Å²) in [6.07, 6.45) is 4.18. The van der Waals surface area contributed by atoms with Crippen LogP contribution in [0.5, 0.6) is 0 Å². The third-order valence-electron chi connectivity index (χ3n) is 5.42. The first-order chi connectivity index (χ1) is 15.0. The van der Waals surface area contributed by atoms with Crippen molar-refractivity contribution in [2.75, 3.05) is 11.9 Å². The first-order valence-electron chi connectivity index (χ1n) is 10.2. The van der Waals surface area contributed by atoms with E-state index in [2.05, 4.69) is 32.7 Å². The van der Waals surface area contributed by atoms with Gasteiger partial charge in [0.1, 0.15) is 10.5 Å². The molecule has 0 bridgehead atoms. The second-order valence-corrected chi connectivity index (χ2v) is 8.25. The molecule has 0 fully saturated rings. The van der Waals surface area contributed by atoms with Crippen LogP contribution < -0.4 is 16.2 Å². The molecule has 0 saturated carbocycles. The van der Waals surface area contributed by atoms with E-state index in [1.54, 1.807) is 33.9 Å². The molecule has 0 radical (unpaired) electrons. The maximum absolute atomic E-state index is 13.1. The van der Waals surface area contributed by atoms with Gasteiger partial charge < -0.3 is 10.6 Å². The number of nitrogens with zero attached hydrogens (tertiary/aromatic N) is 5. The summed E-state index contributed by atoms with van der Waals surface area (Å²) < 4.78 is 3.43. The molecule has 4 aromatic rings. The molecule has 158 valence electrons.